The molecule has 1 fully saturated rings. The van der Waals surface area contributed by atoms with Crippen LogP contribution in [0.5, 0.6) is 0 Å². The lowest BCUT2D eigenvalue weighted by atomic mass is 9.69. The Kier molecular flexibility index (Phi) is 6.78. The zero-order valence-electron chi connectivity index (χ0n) is 14.2. The van der Waals surface area contributed by atoms with Crippen LogP contribution in [0.1, 0.15) is 37.7 Å². The molecule has 0 unspecified atom stereocenters. The van der Waals surface area contributed by atoms with E-state index >= 15 is 0 Å². The number of rotatable bonds is 4. The van der Waals surface area contributed by atoms with E-state index < -0.39 is 0 Å². The van der Waals surface area contributed by atoms with Gasteiger partial charge in [0.2, 0.25) is 0 Å². The number of thiocarbonyl (C=S) groups is 1. The van der Waals surface area contributed by atoms with Gasteiger partial charge in [-0.1, -0.05) is 54.6 Å². The van der Waals surface area contributed by atoms with Gasteiger partial charge in [-0.05, 0) is 64.8 Å². The normalized spacial score (nSPS) is 16.1. The number of hydrogen-bond donors (Lipinski definition) is 2. The number of halogens is 3. The molecular weight excluding hydrogens is 453 g/mol. The third-order valence-corrected chi connectivity index (χ3v) is 6.20. The summed E-state index contributed by atoms with van der Waals surface area (Å²) in [5.74, 6) is 0.649. The van der Waals surface area contributed by atoms with Gasteiger partial charge in [0.25, 0.3) is 0 Å². The minimum absolute atomic E-state index is 0.0826. The van der Waals surface area contributed by atoms with Crippen LogP contribution in [-0.2, 0) is 5.41 Å². The molecule has 0 saturated heterocycles. The van der Waals surface area contributed by atoms with Gasteiger partial charge in [0.15, 0.2) is 5.11 Å². The van der Waals surface area contributed by atoms with Gasteiger partial charge in [-0.15, -0.1) is 0 Å². The quantitative estimate of drug-likeness (QED) is 0.509. The molecule has 0 aliphatic heterocycles. The molecule has 0 bridgehead atoms. The van der Waals surface area contributed by atoms with Crippen LogP contribution in [0.25, 0.3) is 0 Å². The molecule has 1 aromatic carbocycles. The molecule has 7 heteroatoms. The molecule has 1 aromatic heterocycles. The molecule has 26 heavy (non-hydrogen) atoms. The predicted octanol–water partition coefficient (Wildman–Crippen LogP) is 6.34. The summed E-state index contributed by atoms with van der Waals surface area (Å²) >= 11 is 20.9. The predicted molar refractivity (Wildman–Crippen MR) is 117 cm³/mol. The lowest BCUT2D eigenvalue weighted by Crippen LogP contribution is -2.43. The van der Waals surface area contributed by atoms with Crippen LogP contribution in [0.2, 0.25) is 10.0 Å². The van der Waals surface area contributed by atoms with Crippen molar-refractivity contribution in [2.45, 2.75) is 37.5 Å². The van der Waals surface area contributed by atoms with Gasteiger partial charge in [-0.25, -0.2) is 4.98 Å². The van der Waals surface area contributed by atoms with E-state index in [2.05, 4.69) is 43.7 Å². The van der Waals surface area contributed by atoms with E-state index in [1.165, 1.54) is 24.8 Å². The van der Waals surface area contributed by atoms with Gasteiger partial charge in [0.05, 0.1) is 9.50 Å². The average molecular weight is 473 g/mol. The molecule has 2 aromatic rings. The Hall–Kier alpha value is -0.880. The molecule has 2 N–H and O–H groups in total. The van der Waals surface area contributed by atoms with Crippen molar-refractivity contribution in [3.63, 3.8) is 0 Å². The van der Waals surface area contributed by atoms with Gasteiger partial charge < -0.3 is 10.6 Å². The highest BCUT2D eigenvalue weighted by Gasteiger charge is 2.33. The van der Waals surface area contributed by atoms with Crippen molar-refractivity contribution >= 4 is 62.3 Å². The number of anilines is 1. The van der Waals surface area contributed by atoms with E-state index in [9.17, 15) is 0 Å². The summed E-state index contributed by atoms with van der Waals surface area (Å²) in [7, 11) is 0. The smallest absolute Gasteiger partial charge is 0.172 e. The van der Waals surface area contributed by atoms with Crippen molar-refractivity contribution in [2.24, 2.45) is 0 Å². The van der Waals surface area contributed by atoms with E-state index in [1.54, 1.807) is 12.3 Å². The summed E-state index contributed by atoms with van der Waals surface area (Å²) in [5, 5.41) is 8.42. The van der Waals surface area contributed by atoms with Crippen molar-refractivity contribution in [3.05, 3.63) is 56.6 Å². The third-order valence-electron chi connectivity index (χ3n) is 4.89. The molecular formula is C19H20BrCl2N3S. The summed E-state index contributed by atoms with van der Waals surface area (Å²) in [4.78, 5) is 4.27. The second-order valence-electron chi connectivity index (χ2n) is 6.64. The Morgan fingerprint density at radius 2 is 1.81 bits per heavy atom. The Balaban J connectivity index is 1.69. The van der Waals surface area contributed by atoms with E-state index in [4.69, 9.17) is 35.4 Å². The fourth-order valence-electron chi connectivity index (χ4n) is 3.51. The fourth-order valence-corrected chi connectivity index (χ4v) is 4.54. The van der Waals surface area contributed by atoms with E-state index in [0.29, 0.717) is 16.0 Å². The van der Waals surface area contributed by atoms with Gasteiger partial charge in [-0.3, -0.25) is 0 Å². The Labute approximate surface area is 178 Å². The Morgan fingerprint density at radius 3 is 2.46 bits per heavy atom. The third kappa shape index (κ3) is 4.89. The first kappa shape index (κ1) is 19.9. The number of aromatic nitrogens is 1. The molecule has 3 rings (SSSR count). The summed E-state index contributed by atoms with van der Waals surface area (Å²) in [6.07, 6.45) is 7.64. The van der Waals surface area contributed by atoms with Crippen molar-refractivity contribution in [1.82, 2.24) is 10.3 Å². The van der Waals surface area contributed by atoms with Crippen LogP contribution < -0.4 is 10.6 Å². The molecule has 1 heterocycles. The minimum atomic E-state index is 0.0826. The highest BCUT2D eigenvalue weighted by atomic mass is 79.9. The van der Waals surface area contributed by atoms with E-state index in [0.717, 1.165) is 28.9 Å². The van der Waals surface area contributed by atoms with Gasteiger partial charge >= 0.3 is 0 Å². The maximum absolute atomic E-state index is 6.07. The lowest BCUT2D eigenvalue weighted by Gasteiger charge is -2.38. The molecule has 0 atom stereocenters. The largest absolute Gasteiger partial charge is 0.362 e. The second-order valence-corrected chi connectivity index (χ2v) is 8.77. The summed E-state index contributed by atoms with van der Waals surface area (Å²) in [6, 6.07) is 10.0. The van der Waals surface area contributed by atoms with Crippen LogP contribution in [-0.4, -0.2) is 16.6 Å². The number of nitrogens with zero attached hydrogens (tertiary/aromatic N) is 1. The highest BCUT2D eigenvalue weighted by Crippen LogP contribution is 2.39. The number of hydrogen-bond acceptors (Lipinski definition) is 2. The monoisotopic (exact) mass is 471 g/mol. The molecule has 0 spiro atoms. The highest BCUT2D eigenvalue weighted by molar-refractivity contribution is 9.10. The number of benzene rings is 1. The van der Waals surface area contributed by atoms with Gasteiger partial charge in [0, 0.05) is 23.2 Å². The van der Waals surface area contributed by atoms with Crippen molar-refractivity contribution in [2.75, 3.05) is 11.9 Å². The van der Waals surface area contributed by atoms with Crippen LogP contribution in [0, 0.1) is 0 Å². The zero-order chi connectivity index (χ0) is 18.6. The maximum Gasteiger partial charge on any atom is 0.172 e. The second kappa shape index (κ2) is 8.87. The van der Waals surface area contributed by atoms with Crippen LogP contribution in [0.15, 0.2) is 41.0 Å². The van der Waals surface area contributed by atoms with Gasteiger partial charge in [-0.2, -0.15) is 0 Å². The molecule has 3 nitrogen and oxygen atoms in total. The molecule has 138 valence electrons. The number of pyridine rings is 1. The van der Waals surface area contributed by atoms with Crippen molar-refractivity contribution < 1.29 is 0 Å². The lowest BCUT2D eigenvalue weighted by molar-refractivity contribution is 0.292. The topological polar surface area (TPSA) is 37.0 Å². The molecule has 1 aliphatic rings. The minimum Gasteiger partial charge on any atom is -0.362 e. The van der Waals surface area contributed by atoms with Crippen LogP contribution in [0.4, 0.5) is 5.82 Å². The zero-order valence-corrected chi connectivity index (χ0v) is 18.1. The van der Waals surface area contributed by atoms with Gasteiger partial charge in [0.1, 0.15) is 5.82 Å². The number of nitrogens with one attached hydrogen (secondary N) is 2. The van der Waals surface area contributed by atoms with Crippen LogP contribution >= 0.6 is 51.3 Å². The molecule has 1 aliphatic carbocycles. The van der Waals surface area contributed by atoms with Crippen LogP contribution in [0.3, 0.4) is 0 Å². The standard InChI is InChI=1S/C19H20BrCl2N3S/c20-16-10-15(22)11-23-17(16)25-18(26)24-12-19(8-2-1-3-9-19)13-4-6-14(21)7-5-13/h4-7,10-11H,1-3,8-9,12H2,(H2,23,24,25,26). The van der Waals surface area contributed by atoms with Crippen molar-refractivity contribution in [3.8, 4) is 0 Å². The average Bonchev–Trinajstić information content (AvgIpc) is 2.64. The summed E-state index contributed by atoms with van der Waals surface area (Å²) < 4.78 is 0.777. The first-order chi connectivity index (χ1) is 12.5. The summed E-state index contributed by atoms with van der Waals surface area (Å²) in [6.45, 7) is 0.783. The van der Waals surface area contributed by atoms with E-state index in [-0.39, 0.29) is 5.41 Å². The fraction of sp³-hybridized carbons (Fsp3) is 0.368. The Bertz CT molecular complexity index is 777. The molecule has 0 amide bonds. The van der Waals surface area contributed by atoms with E-state index in [1.807, 2.05) is 12.1 Å². The first-order valence-electron chi connectivity index (χ1n) is 8.60. The summed E-state index contributed by atoms with van der Waals surface area (Å²) in [5.41, 5.74) is 1.40. The SMILES string of the molecule is S=C(NCC1(c2ccc(Cl)cc2)CCCCC1)Nc1ncc(Cl)cc1Br. The first-order valence-corrected chi connectivity index (χ1v) is 10.6. The Morgan fingerprint density at radius 1 is 1.12 bits per heavy atom. The van der Waals surface area contributed by atoms with Crippen molar-refractivity contribution in [1.29, 1.82) is 0 Å². The molecule has 0 radical (unpaired) electrons. The molecule has 1 saturated carbocycles. The maximum atomic E-state index is 6.07.